The number of nitrogens with one attached hydrogen (secondary N) is 1. The molecule has 0 radical (unpaired) electrons. The highest BCUT2D eigenvalue weighted by atomic mass is 16.2. The summed E-state index contributed by atoms with van der Waals surface area (Å²) in [7, 11) is 3.78. The third-order valence-electron chi connectivity index (χ3n) is 3.14. The van der Waals surface area contributed by atoms with Crippen molar-refractivity contribution < 1.29 is 4.79 Å². The molecule has 0 bridgehead atoms. The molecular formula is C15H21N5O. The number of carbonyl (C=O) groups is 1. The summed E-state index contributed by atoms with van der Waals surface area (Å²) in [6.45, 7) is 1.40. The van der Waals surface area contributed by atoms with E-state index in [9.17, 15) is 4.79 Å². The second kappa shape index (κ2) is 7.01. The Balaban J connectivity index is 1.89. The second-order valence-electron chi connectivity index (χ2n) is 5.10. The van der Waals surface area contributed by atoms with Crippen molar-refractivity contribution in [3.63, 3.8) is 0 Å². The van der Waals surface area contributed by atoms with Gasteiger partial charge in [0.1, 0.15) is 0 Å². The van der Waals surface area contributed by atoms with Gasteiger partial charge < -0.3 is 11.1 Å². The van der Waals surface area contributed by atoms with Crippen molar-refractivity contribution in [1.82, 2.24) is 14.7 Å². The van der Waals surface area contributed by atoms with Crippen molar-refractivity contribution >= 4 is 11.6 Å². The molecule has 0 saturated heterocycles. The molecule has 0 fully saturated rings. The van der Waals surface area contributed by atoms with E-state index in [0.29, 0.717) is 19.6 Å². The van der Waals surface area contributed by atoms with Crippen LogP contribution in [0.5, 0.6) is 0 Å². The molecule has 1 aromatic carbocycles. The minimum atomic E-state index is -0.0534. The largest absolute Gasteiger partial charge is 0.326 e. The zero-order valence-electron chi connectivity index (χ0n) is 12.4. The highest BCUT2D eigenvalue weighted by Gasteiger charge is 2.10. The van der Waals surface area contributed by atoms with E-state index in [-0.39, 0.29) is 5.91 Å². The number of rotatable bonds is 6. The van der Waals surface area contributed by atoms with Crippen molar-refractivity contribution in [2.75, 3.05) is 18.9 Å². The van der Waals surface area contributed by atoms with Crippen molar-refractivity contribution in [3.8, 4) is 0 Å². The summed E-state index contributed by atoms with van der Waals surface area (Å²) in [5.41, 5.74) is 8.45. The fraction of sp³-hybridized carbons (Fsp3) is 0.333. The molecule has 0 spiro atoms. The number of hydrogen-bond donors (Lipinski definition) is 2. The highest BCUT2D eigenvalue weighted by molar-refractivity contribution is 5.92. The van der Waals surface area contributed by atoms with Crippen LogP contribution in [0.1, 0.15) is 11.1 Å². The fourth-order valence-corrected chi connectivity index (χ4v) is 2.18. The number of aromatic nitrogens is 2. The molecule has 6 nitrogen and oxygen atoms in total. The van der Waals surface area contributed by atoms with Crippen molar-refractivity contribution in [2.24, 2.45) is 12.8 Å². The molecule has 2 rings (SSSR count). The summed E-state index contributed by atoms with van der Waals surface area (Å²) < 4.78 is 1.75. The first-order valence-electron chi connectivity index (χ1n) is 6.82. The summed E-state index contributed by atoms with van der Waals surface area (Å²) in [4.78, 5) is 14.0. The lowest BCUT2D eigenvalue weighted by atomic mass is 10.2. The first kappa shape index (κ1) is 15.2. The molecule has 1 heterocycles. The Labute approximate surface area is 124 Å². The van der Waals surface area contributed by atoms with E-state index in [1.165, 1.54) is 0 Å². The van der Waals surface area contributed by atoms with E-state index in [2.05, 4.69) is 10.4 Å². The predicted molar refractivity (Wildman–Crippen MR) is 82.5 cm³/mol. The first-order valence-corrected chi connectivity index (χ1v) is 6.82. The molecule has 0 aliphatic rings. The quantitative estimate of drug-likeness (QED) is 0.829. The van der Waals surface area contributed by atoms with Gasteiger partial charge in [-0.25, -0.2) is 0 Å². The Morgan fingerprint density at radius 3 is 2.86 bits per heavy atom. The maximum atomic E-state index is 12.1. The molecule has 2 aromatic rings. The Bertz CT molecular complexity index is 608. The normalized spacial score (nSPS) is 10.9. The van der Waals surface area contributed by atoms with Crippen LogP contribution in [0.4, 0.5) is 5.69 Å². The van der Waals surface area contributed by atoms with Crippen LogP contribution in [0.2, 0.25) is 0 Å². The zero-order valence-corrected chi connectivity index (χ0v) is 12.4. The summed E-state index contributed by atoms with van der Waals surface area (Å²) in [5, 5.41) is 7.02. The minimum Gasteiger partial charge on any atom is -0.326 e. The van der Waals surface area contributed by atoms with Crippen LogP contribution in [0.25, 0.3) is 0 Å². The van der Waals surface area contributed by atoms with Gasteiger partial charge in [-0.3, -0.25) is 14.4 Å². The van der Waals surface area contributed by atoms with Gasteiger partial charge in [0.05, 0.1) is 12.7 Å². The topological polar surface area (TPSA) is 76.2 Å². The van der Waals surface area contributed by atoms with E-state index in [1.807, 2.05) is 49.5 Å². The third kappa shape index (κ3) is 4.40. The van der Waals surface area contributed by atoms with Crippen LogP contribution < -0.4 is 11.1 Å². The first-order chi connectivity index (χ1) is 10.1. The maximum Gasteiger partial charge on any atom is 0.238 e. The molecule has 0 atom stereocenters. The number of para-hydroxylation sites is 1. The molecule has 0 aliphatic carbocycles. The number of carbonyl (C=O) groups excluding carboxylic acids is 1. The van der Waals surface area contributed by atoms with Gasteiger partial charge >= 0.3 is 0 Å². The lowest BCUT2D eigenvalue weighted by Gasteiger charge is -2.16. The lowest BCUT2D eigenvalue weighted by molar-refractivity contribution is -0.117. The Morgan fingerprint density at radius 1 is 1.43 bits per heavy atom. The lowest BCUT2D eigenvalue weighted by Crippen LogP contribution is -2.30. The molecule has 0 aliphatic heterocycles. The molecule has 21 heavy (non-hydrogen) atoms. The van der Waals surface area contributed by atoms with Gasteiger partial charge in [0.25, 0.3) is 0 Å². The third-order valence-corrected chi connectivity index (χ3v) is 3.14. The van der Waals surface area contributed by atoms with Gasteiger partial charge in [-0.15, -0.1) is 0 Å². The van der Waals surface area contributed by atoms with Crippen molar-refractivity contribution in [3.05, 3.63) is 47.8 Å². The van der Waals surface area contributed by atoms with E-state index in [4.69, 9.17) is 5.73 Å². The van der Waals surface area contributed by atoms with Crippen LogP contribution in [0.15, 0.2) is 36.7 Å². The molecule has 112 valence electrons. The number of benzene rings is 1. The average Bonchev–Trinajstić information content (AvgIpc) is 2.84. The predicted octanol–water partition coefficient (Wildman–Crippen LogP) is 0.949. The number of hydrogen-bond acceptors (Lipinski definition) is 4. The molecule has 3 N–H and O–H groups in total. The number of anilines is 1. The van der Waals surface area contributed by atoms with E-state index < -0.39 is 0 Å². The molecule has 0 unspecified atom stereocenters. The Hall–Kier alpha value is -2.18. The molecule has 1 aromatic heterocycles. The Kier molecular flexibility index (Phi) is 5.08. The number of nitrogens with zero attached hydrogens (tertiary/aromatic N) is 3. The number of nitrogens with two attached hydrogens (primary N) is 1. The summed E-state index contributed by atoms with van der Waals surface area (Å²) in [6, 6.07) is 7.57. The second-order valence-corrected chi connectivity index (χ2v) is 5.10. The van der Waals surface area contributed by atoms with Crippen LogP contribution >= 0.6 is 0 Å². The van der Waals surface area contributed by atoms with Crippen LogP contribution in [-0.2, 0) is 24.9 Å². The number of aryl methyl sites for hydroxylation is 1. The highest BCUT2D eigenvalue weighted by Crippen LogP contribution is 2.14. The van der Waals surface area contributed by atoms with Gasteiger partial charge in [0.2, 0.25) is 5.91 Å². The van der Waals surface area contributed by atoms with E-state index in [0.717, 1.165) is 16.8 Å². The smallest absolute Gasteiger partial charge is 0.238 e. The average molecular weight is 287 g/mol. The molecule has 6 heteroatoms. The van der Waals surface area contributed by atoms with Gasteiger partial charge in [-0.2, -0.15) is 5.10 Å². The van der Waals surface area contributed by atoms with Gasteiger partial charge in [-0.1, -0.05) is 18.2 Å². The maximum absolute atomic E-state index is 12.1. The van der Waals surface area contributed by atoms with Crippen LogP contribution in [0, 0.1) is 0 Å². The van der Waals surface area contributed by atoms with E-state index >= 15 is 0 Å². The standard InChI is InChI=1S/C15H21N5O/c1-19(9-12-8-17-20(2)10-12)11-15(21)18-14-6-4-3-5-13(14)7-16/h3-6,8,10H,7,9,11,16H2,1-2H3,(H,18,21). The number of amides is 1. The van der Waals surface area contributed by atoms with Crippen LogP contribution in [0.3, 0.4) is 0 Å². The fourth-order valence-electron chi connectivity index (χ4n) is 2.18. The summed E-state index contributed by atoms with van der Waals surface area (Å²) in [6.07, 6.45) is 3.75. The van der Waals surface area contributed by atoms with Gasteiger partial charge in [0, 0.05) is 37.6 Å². The van der Waals surface area contributed by atoms with Crippen molar-refractivity contribution in [2.45, 2.75) is 13.1 Å². The number of likely N-dealkylation sites (N-methyl/N-ethyl adjacent to an activating group) is 1. The summed E-state index contributed by atoms with van der Waals surface area (Å²) >= 11 is 0. The summed E-state index contributed by atoms with van der Waals surface area (Å²) in [5.74, 6) is -0.0534. The van der Waals surface area contributed by atoms with Gasteiger partial charge in [-0.05, 0) is 18.7 Å². The van der Waals surface area contributed by atoms with E-state index in [1.54, 1.807) is 10.9 Å². The van der Waals surface area contributed by atoms with Gasteiger partial charge in [0.15, 0.2) is 0 Å². The SMILES string of the molecule is CN(CC(=O)Nc1ccccc1CN)Cc1cnn(C)c1. The molecular weight excluding hydrogens is 266 g/mol. The monoisotopic (exact) mass is 287 g/mol. The zero-order chi connectivity index (χ0) is 15.2. The minimum absolute atomic E-state index is 0.0534. The Morgan fingerprint density at radius 2 is 2.19 bits per heavy atom. The molecule has 0 saturated carbocycles. The van der Waals surface area contributed by atoms with Crippen molar-refractivity contribution in [1.29, 1.82) is 0 Å². The molecule has 1 amide bonds. The van der Waals surface area contributed by atoms with Crippen LogP contribution in [-0.4, -0.2) is 34.2 Å².